The molecule has 2 rings (SSSR count). The minimum Gasteiger partial charge on any atom is -0.444 e. The minimum absolute atomic E-state index is 0.211. The summed E-state index contributed by atoms with van der Waals surface area (Å²) in [5.41, 5.74) is 8.13. The molecule has 0 aromatic carbocycles. The van der Waals surface area contributed by atoms with Crippen LogP contribution in [-0.4, -0.2) is 21.1 Å². The van der Waals surface area contributed by atoms with Crippen LogP contribution in [0.1, 0.15) is 46.9 Å². The van der Waals surface area contributed by atoms with Crippen LogP contribution < -0.4 is 11.1 Å². The highest BCUT2D eigenvalue weighted by Crippen LogP contribution is 2.15. The second kappa shape index (κ2) is 5.77. The lowest BCUT2D eigenvalue weighted by Crippen LogP contribution is -2.24. The van der Waals surface area contributed by atoms with Crippen molar-refractivity contribution in [3.8, 4) is 0 Å². The van der Waals surface area contributed by atoms with Crippen molar-refractivity contribution in [1.29, 1.82) is 0 Å². The van der Waals surface area contributed by atoms with Crippen LogP contribution in [0.3, 0.4) is 0 Å². The fraction of sp³-hybridized carbons (Fsp3) is 0.462. The molecule has 0 aliphatic carbocycles. The molecule has 2 heterocycles. The molecule has 0 saturated heterocycles. The van der Waals surface area contributed by atoms with E-state index in [2.05, 4.69) is 20.5 Å². The lowest BCUT2D eigenvalue weighted by Gasteiger charge is -2.01. The van der Waals surface area contributed by atoms with Crippen LogP contribution >= 0.6 is 0 Å². The van der Waals surface area contributed by atoms with E-state index < -0.39 is 0 Å². The summed E-state index contributed by atoms with van der Waals surface area (Å²) in [6.45, 7) is 5.93. The van der Waals surface area contributed by atoms with Gasteiger partial charge in [0, 0.05) is 0 Å². The number of anilines is 1. The van der Waals surface area contributed by atoms with Crippen molar-refractivity contribution < 1.29 is 9.21 Å². The maximum atomic E-state index is 12.0. The molecule has 0 spiro atoms. The average molecular weight is 277 g/mol. The first-order valence-electron chi connectivity index (χ1n) is 6.56. The summed E-state index contributed by atoms with van der Waals surface area (Å²) >= 11 is 0. The topological polar surface area (TPSA) is 110 Å². The second-order valence-corrected chi connectivity index (χ2v) is 4.65. The van der Waals surface area contributed by atoms with Crippen LogP contribution in [0.15, 0.2) is 4.42 Å². The van der Waals surface area contributed by atoms with Crippen LogP contribution in [0.4, 0.5) is 5.69 Å². The molecule has 0 radical (unpaired) electrons. The third-order valence-electron chi connectivity index (χ3n) is 3.07. The van der Waals surface area contributed by atoms with Crippen molar-refractivity contribution in [2.24, 2.45) is 0 Å². The first-order chi connectivity index (χ1) is 9.52. The van der Waals surface area contributed by atoms with Gasteiger partial charge in [-0.05, 0) is 20.3 Å². The number of carbonyl (C=O) groups is 1. The molecular formula is C13H19N5O2. The Kier molecular flexibility index (Phi) is 4.07. The quantitative estimate of drug-likeness (QED) is 0.766. The second-order valence-electron chi connectivity index (χ2n) is 4.65. The zero-order valence-electron chi connectivity index (χ0n) is 11.9. The smallest absolute Gasteiger partial charge is 0.274 e. The van der Waals surface area contributed by atoms with Gasteiger partial charge in [-0.1, -0.05) is 13.3 Å². The Balaban J connectivity index is 2.01. The van der Waals surface area contributed by atoms with Gasteiger partial charge < -0.3 is 15.5 Å². The standard InChI is InChI=1S/C13H19N5O2/c1-4-5-9-11(14)12(18-17-9)13(19)15-6-10-16-7(2)8(3)20-10/h4-6,14H2,1-3H3,(H,15,19)(H,17,18). The van der Waals surface area contributed by atoms with Gasteiger partial charge in [-0.25, -0.2) is 4.98 Å². The van der Waals surface area contributed by atoms with Crippen LogP contribution in [0.25, 0.3) is 0 Å². The maximum Gasteiger partial charge on any atom is 0.274 e. The van der Waals surface area contributed by atoms with Crippen molar-refractivity contribution in [3.05, 3.63) is 28.7 Å². The maximum absolute atomic E-state index is 12.0. The summed E-state index contributed by atoms with van der Waals surface area (Å²) in [6.07, 6.45) is 1.70. The highest BCUT2D eigenvalue weighted by atomic mass is 16.4. The number of H-pyrrole nitrogens is 1. The van der Waals surface area contributed by atoms with E-state index in [0.29, 0.717) is 11.6 Å². The molecule has 0 bridgehead atoms. The number of nitrogen functional groups attached to an aromatic ring is 1. The molecule has 0 saturated carbocycles. The Bertz CT molecular complexity index is 595. The molecule has 2 aromatic heterocycles. The molecule has 4 N–H and O–H groups in total. The number of aryl methyl sites for hydroxylation is 3. The number of aromatic amines is 1. The molecule has 0 aliphatic heterocycles. The van der Waals surface area contributed by atoms with Gasteiger partial charge in [0.1, 0.15) is 5.76 Å². The molecule has 0 fully saturated rings. The van der Waals surface area contributed by atoms with E-state index in [1.54, 1.807) is 0 Å². The van der Waals surface area contributed by atoms with Crippen molar-refractivity contribution in [2.75, 3.05) is 5.73 Å². The molecule has 2 aromatic rings. The van der Waals surface area contributed by atoms with Crippen LogP contribution in [0.5, 0.6) is 0 Å². The highest BCUT2D eigenvalue weighted by molar-refractivity contribution is 5.97. The third-order valence-corrected chi connectivity index (χ3v) is 3.07. The number of oxazole rings is 1. The number of nitrogens with two attached hydrogens (primary N) is 1. The summed E-state index contributed by atoms with van der Waals surface area (Å²) in [6, 6.07) is 0. The van der Waals surface area contributed by atoms with Crippen molar-refractivity contribution in [2.45, 2.75) is 40.2 Å². The lowest BCUT2D eigenvalue weighted by molar-refractivity contribution is 0.0943. The van der Waals surface area contributed by atoms with Gasteiger partial charge in [-0.15, -0.1) is 0 Å². The first kappa shape index (κ1) is 14.1. The number of hydrogen-bond acceptors (Lipinski definition) is 5. The SMILES string of the molecule is CCCc1[nH]nc(C(=O)NCc2nc(C)c(C)o2)c1N. The molecule has 7 heteroatoms. The summed E-state index contributed by atoms with van der Waals surface area (Å²) in [5, 5.41) is 9.44. The van der Waals surface area contributed by atoms with Crippen molar-refractivity contribution >= 4 is 11.6 Å². The van der Waals surface area contributed by atoms with Gasteiger partial charge in [0.15, 0.2) is 5.69 Å². The third kappa shape index (κ3) is 2.81. The predicted molar refractivity (Wildman–Crippen MR) is 74.1 cm³/mol. The Hall–Kier alpha value is -2.31. The molecule has 108 valence electrons. The first-order valence-corrected chi connectivity index (χ1v) is 6.56. The summed E-state index contributed by atoms with van der Waals surface area (Å²) in [5.74, 6) is 0.879. The monoisotopic (exact) mass is 277 g/mol. The Morgan fingerprint density at radius 1 is 1.45 bits per heavy atom. The molecule has 0 aliphatic rings. The zero-order valence-corrected chi connectivity index (χ0v) is 11.9. The normalized spacial score (nSPS) is 10.8. The minimum atomic E-state index is -0.338. The van der Waals surface area contributed by atoms with E-state index >= 15 is 0 Å². The summed E-state index contributed by atoms with van der Waals surface area (Å²) in [4.78, 5) is 16.2. The van der Waals surface area contributed by atoms with E-state index in [1.807, 2.05) is 20.8 Å². The molecule has 20 heavy (non-hydrogen) atoms. The van der Waals surface area contributed by atoms with Crippen LogP contribution in [0, 0.1) is 13.8 Å². The van der Waals surface area contributed by atoms with Gasteiger partial charge in [-0.3, -0.25) is 9.89 Å². The van der Waals surface area contributed by atoms with Gasteiger partial charge in [-0.2, -0.15) is 5.10 Å². The number of hydrogen-bond donors (Lipinski definition) is 3. The molecule has 0 atom stereocenters. The Morgan fingerprint density at radius 3 is 2.80 bits per heavy atom. The molecule has 0 unspecified atom stereocenters. The molecular weight excluding hydrogens is 258 g/mol. The Morgan fingerprint density at radius 2 is 2.20 bits per heavy atom. The van der Waals surface area contributed by atoms with E-state index in [1.165, 1.54) is 0 Å². The number of aromatic nitrogens is 3. The molecule has 7 nitrogen and oxygen atoms in total. The van der Waals surface area contributed by atoms with Crippen LogP contribution in [-0.2, 0) is 13.0 Å². The Labute approximate surface area is 117 Å². The summed E-state index contributed by atoms with van der Waals surface area (Å²) < 4.78 is 5.39. The number of amides is 1. The van der Waals surface area contributed by atoms with Gasteiger partial charge >= 0.3 is 0 Å². The fourth-order valence-corrected chi connectivity index (χ4v) is 1.85. The van der Waals surface area contributed by atoms with Gasteiger partial charge in [0.25, 0.3) is 5.91 Å². The predicted octanol–water partition coefficient (Wildman–Crippen LogP) is 1.48. The average Bonchev–Trinajstić information content (AvgIpc) is 2.92. The van der Waals surface area contributed by atoms with Crippen molar-refractivity contribution in [3.63, 3.8) is 0 Å². The fourth-order valence-electron chi connectivity index (χ4n) is 1.85. The number of nitrogens with one attached hydrogen (secondary N) is 2. The van der Waals surface area contributed by atoms with E-state index in [-0.39, 0.29) is 18.1 Å². The van der Waals surface area contributed by atoms with E-state index in [0.717, 1.165) is 30.0 Å². The highest BCUT2D eigenvalue weighted by Gasteiger charge is 2.17. The van der Waals surface area contributed by atoms with Crippen LogP contribution in [0.2, 0.25) is 0 Å². The number of carbonyl (C=O) groups excluding carboxylic acids is 1. The van der Waals surface area contributed by atoms with Gasteiger partial charge in [0.2, 0.25) is 5.89 Å². The largest absolute Gasteiger partial charge is 0.444 e. The number of rotatable bonds is 5. The van der Waals surface area contributed by atoms with E-state index in [4.69, 9.17) is 10.2 Å². The zero-order chi connectivity index (χ0) is 14.7. The summed E-state index contributed by atoms with van der Waals surface area (Å²) in [7, 11) is 0. The number of nitrogens with zero attached hydrogens (tertiary/aromatic N) is 2. The molecule has 1 amide bonds. The lowest BCUT2D eigenvalue weighted by atomic mass is 10.2. The van der Waals surface area contributed by atoms with E-state index in [9.17, 15) is 4.79 Å². The van der Waals surface area contributed by atoms with Gasteiger partial charge in [0.05, 0.1) is 23.6 Å². The van der Waals surface area contributed by atoms with Crippen molar-refractivity contribution in [1.82, 2.24) is 20.5 Å².